The lowest BCUT2D eigenvalue weighted by molar-refractivity contribution is 0.246. The average molecular weight is 240 g/mol. The summed E-state index contributed by atoms with van der Waals surface area (Å²) >= 11 is 17.2. The normalized spacial score (nSPS) is 12.6. The van der Waals surface area contributed by atoms with Crippen molar-refractivity contribution in [1.29, 1.82) is 0 Å². The summed E-state index contributed by atoms with van der Waals surface area (Å²) in [6, 6.07) is 5.08. The first-order chi connectivity index (χ1) is 6.13. The summed E-state index contributed by atoms with van der Waals surface area (Å²) in [5.41, 5.74) is 0. The van der Waals surface area contributed by atoms with E-state index in [0.29, 0.717) is 21.7 Å². The fraction of sp³-hybridized carbons (Fsp3) is 0.333. The fourth-order valence-corrected chi connectivity index (χ4v) is 1.20. The molecule has 13 heavy (non-hydrogen) atoms. The molecule has 1 rings (SSSR count). The lowest BCUT2D eigenvalue weighted by Crippen LogP contribution is -2.13. The highest BCUT2D eigenvalue weighted by Crippen LogP contribution is 2.28. The molecule has 0 saturated heterocycles. The average Bonchev–Trinajstić information content (AvgIpc) is 2.11. The molecule has 0 N–H and O–H groups in total. The SMILES string of the molecule is CC(CCl)Oc1cc(Cl)ccc1Cl. The zero-order valence-electron chi connectivity index (χ0n) is 7.06. The van der Waals surface area contributed by atoms with Crippen LogP contribution in [-0.2, 0) is 0 Å². The Balaban J connectivity index is 2.81. The van der Waals surface area contributed by atoms with Gasteiger partial charge in [0.2, 0.25) is 0 Å². The molecule has 0 aliphatic rings. The van der Waals surface area contributed by atoms with Crippen molar-refractivity contribution in [2.45, 2.75) is 13.0 Å². The third-order valence-corrected chi connectivity index (χ3v) is 2.42. The van der Waals surface area contributed by atoms with Gasteiger partial charge in [-0.3, -0.25) is 0 Å². The number of hydrogen-bond donors (Lipinski definition) is 0. The van der Waals surface area contributed by atoms with Gasteiger partial charge in [-0.1, -0.05) is 23.2 Å². The van der Waals surface area contributed by atoms with E-state index >= 15 is 0 Å². The zero-order valence-corrected chi connectivity index (χ0v) is 9.33. The summed E-state index contributed by atoms with van der Waals surface area (Å²) in [7, 11) is 0. The van der Waals surface area contributed by atoms with Crippen LogP contribution in [0.1, 0.15) is 6.92 Å². The summed E-state index contributed by atoms with van der Waals surface area (Å²) in [5, 5.41) is 1.14. The van der Waals surface area contributed by atoms with E-state index in [0.717, 1.165) is 0 Å². The maximum absolute atomic E-state index is 5.87. The molecule has 0 aliphatic heterocycles. The van der Waals surface area contributed by atoms with Gasteiger partial charge in [-0.15, -0.1) is 11.6 Å². The molecule has 0 spiro atoms. The molecule has 0 heterocycles. The highest BCUT2D eigenvalue weighted by atomic mass is 35.5. The van der Waals surface area contributed by atoms with Crippen molar-refractivity contribution in [2.24, 2.45) is 0 Å². The van der Waals surface area contributed by atoms with Gasteiger partial charge in [0.05, 0.1) is 10.9 Å². The van der Waals surface area contributed by atoms with Crippen LogP contribution in [0.2, 0.25) is 10.0 Å². The van der Waals surface area contributed by atoms with Crippen LogP contribution in [-0.4, -0.2) is 12.0 Å². The van der Waals surface area contributed by atoms with Crippen molar-refractivity contribution in [3.63, 3.8) is 0 Å². The topological polar surface area (TPSA) is 9.23 Å². The molecule has 72 valence electrons. The van der Waals surface area contributed by atoms with E-state index in [1.807, 2.05) is 6.92 Å². The maximum Gasteiger partial charge on any atom is 0.139 e. The Morgan fingerprint density at radius 1 is 1.38 bits per heavy atom. The van der Waals surface area contributed by atoms with E-state index in [9.17, 15) is 0 Å². The van der Waals surface area contributed by atoms with Crippen molar-refractivity contribution >= 4 is 34.8 Å². The molecular formula is C9H9Cl3O. The number of alkyl halides is 1. The van der Waals surface area contributed by atoms with E-state index in [4.69, 9.17) is 39.5 Å². The van der Waals surface area contributed by atoms with Gasteiger partial charge in [-0.05, 0) is 19.1 Å². The Morgan fingerprint density at radius 2 is 2.08 bits per heavy atom. The Bertz CT molecular complexity index is 288. The molecule has 0 radical (unpaired) electrons. The highest BCUT2D eigenvalue weighted by Gasteiger charge is 2.06. The van der Waals surface area contributed by atoms with Gasteiger partial charge in [0, 0.05) is 11.1 Å². The van der Waals surface area contributed by atoms with Crippen molar-refractivity contribution < 1.29 is 4.74 Å². The molecular weight excluding hydrogens is 230 g/mol. The van der Waals surface area contributed by atoms with Crippen LogP contribution in [0, 0.1) is 0 Å². The molecule has 1 atom stereocenters. The van der Waals surface area contributed by atoms with Gasteiger partial charge in [0.15, 0.2) is 0 Å². The first-order valence-electron chi connectivity index (χ1n) is 3.81. The quantitative estimate of drug-likeness (QED) is 0.725. The fourth-order valence-electron chi connectivity index (χ4n) is 0.816. The van der Waals surface area contributed by atoms with Gasteiger partial charge in [-0.2, -0.15) is 0 Å². The summed E-state index contributed by atoms with van der Waals surface area (Å²) in [5.74, 6) is 0.991. The summed E-state index contributed by atoms with van der Waals surface area (Å²) < 4.78 is 5.43. The second-order valence-electron chi connectivity index (χ2n) is 2.66. The van der Waals surface area contributed by atoms with E-state index in [1.165, 1.54) is 0 Å². The Hall–Kier alpha value is -0.110. The van der Waals surface area contributed by atoms with Gasteiger partial charge in [-0.25, -0.2) is 0 Å². The summed E-state index contributed by atoms with van der Waals surface area (Å²) in [6.45, 7) is 1.87. The minimum Gasteiger partial charge on any atom is -0.488 e. The Kier molecular flexibility index (Phi) is 4.17. The van der Waals surface area contributed by atoms with Crippen LogP contribution in [0.25, 0.3) is 0 Å². The summed E-state index contributed by atoms with van der Waals surface area (Å²) in [4.78, 5) is 0. The van der Waals surface area contributed by atoms with Gasteiger partial charge in [0.1, 0.15) is 11.9 Å². The van der Waals surface area contributed by atoms with Crippen molar-refractivity contribution in [1.82, 2.24) is 0 Å². The molecule has 0 bridgehead atoms. The van der Waals surface area contributed by atoms with Crippen LogP contribution in [0.3, 0.4) is 0 Å². The van der Waals surface area contributed by atoms with Crippen LogP contribution in [0.4, 0.5) is 0 Å². The largest absolute Gasteiger partial charge is 0.488 e. The van der Waals surface area contributed by atoms with Crippen LogP contribution in [0.5, 0.6) is 5.75 Å². The number of ether oxygens (including phenoxy) is 1. The molecule has 1 aromatic rings. The van der Waals surface area contributed by atoms with Gasteiger partial charge >= 0.3 is 0 Å². The van der Waals surface area contributed by atoms with Crippen molar-refractivity contribution in [3.8, 4) is 5.75 Å². The number of halogens is 3. The Morgan fingerprint density at radius 3 is 2.69 bits per heavy atom. The minimum atomic E-state index is -0.0716. The monoisotopic (exact) mass is 238 g/mol. The van der Waals surface area contributed by atoms with E-state index in [-0.39, 0.29) is 6.10 Å². The maximum atomic E-state index is 5.87. The lowest BCUT2D eigenvalue weighted by atomic mass is 10.3. The number of hydrogen-bond acceptors (Lipinski definition) is 1. The third kappa shape index (κ3) is 3.26. The molecule has 1 aromatic carbocycles. The predicted octanol–water partition coefficient (Wildman–Crippen LogP) is 4.00. The second kappa shape index (κ2) is 4.94. The third-order valence-electron chi connectivity index (χ3n) is 1.44. The van der Waals surface area contributed by atoms with Gasteiger partial charge in [0.25, 0.3) is 0 Å². The lowest BCUT2D eigenvalue weighted by Gasteiger charge is -2.12. The molecule has 1 unspecified atom stereocenters. The second-order valence-corrected chi connectivity index (χ2v) is 3.81. The van der Waals surface area contributed by atoms with E-state index in [1.54, 1.807) is 18.2 Å². The van der Waals surface area contributed by atoms with E-state index in [2.05, 4.69) is 0 Å². The smallest absolute Gasteiger partial charge is 0.139 e. The molecule has 0 fully saturated rings. The number of rotatable bonds is 3. The molecule has 1 nitrogen and oxygen atoms in total. The molecule has 0 amide bonds. The standard InChI is InChI=1S/C9H9Cl3O/c1-6(5-10)13-9-4-7(11)2-3-8(9)12/h2-4,6H,5H2,1H3. The zero-order chi connectivity index (χ0) is 9.84. The Labute approximate surface area is 92.5 Å². The van der Waals surface area contributed by atoms with E-state index < -0.39 is 0 Å². The molecule has 0 saturated carbocycles. The van der Waals surface area contributed by atoms with Crippen LogP contribution < -0.4 is 4.74 Å². The summed E-state index contributed by atoms with van der Waals surface area (Å²) in [6.07, 6.45) is -0.0716. The molecule has 0 aliphatic carbocycles. The highest BCUT2D eigenvalue weighted by molar-refractivity contribution is 6.34. The predicted molar refractivity (Wildman–Crippen MR) is 57.3 cm³/mol. The van der Waals surface area contributed by atoms with Gasteiger partial charge < -0.3 is 4.74 Å². The first kappa shape index (κ1) is 11.0. The van der Waals surface area contributed by atoms with Crippen molar-refractivity contribution in [2.75, 3.05) is 5.88 Å². The van der Waals surface area contributed by atoms with Crippen LogP contribution >= 0.6 is 34.8 Å². The molecule has 4 heteroatoms. The number of benzene rings is 1. The van der Waals surface area contributed by atoms with Crippen LogP contribution in [0.15, 0.2) is 18.2 Å². The minimum absolute atomic E-state index is 0.0716. The first-order valence-corrected chi connectivity index (χ1v) is 5.10. The molecule has 0 aromatic heterocycles. The van der Waals surface area contributed by atoms with Crippen molar-refractivity contribution in [3.05, 3.63) is 28.2 Å².